The van der Waals surface area contributed by atoms with Crippen LogP contribution in [0.1, 0.15) is 11.1 Å². The predicted octanol–water partition coefficient (Wildman–Crippen LogP) is 3.61. The van der Waals surface area contributed by atoms with E-state index in [0.717, 1.165) is 23.5 Å². The van der Waals surface area contributed by atoms with E-state index in [1.54, 1.807) is 0 Å². The number of carbonyl (C=O) groups is 1. The van der Waals surface area contributed by atoms with Crippen LogP contribution in [0.4, 0.5) is 0 Å². The number of amides is 1. The second kappa shape index (κ2) is 9.15. The van der Waals surface area contributed by atoms with Gasteiger partial charge in [0.2, 0.25) is 0 Å². The molecule has 148 valence electrons. The molecule has 1 aliphatic heterocycles. The molecule has 0 saturated carbocycles. The van der Waals surface area contributed by atoms with Crippen molar-refractivity contribution in [2.24, 2.45) is 0 Å². The molecule has 1 amide bonds. The molecule has 1 atom stereocenters. The normalized spacial score (nSPS) is 14.8. The summed E-state index contributed by atoms with van der Waals surface area (Å²) in [6.45, 7) is 0.718. The van der Waals surface area contributed by atoms with Crippen LogP contribution in [0.25, 0.3) is 0 Å². The summed E-state index contributed by atoms with van der Waals surface area (Å²) < 4.78 is 17.3. The first kappa shape index (κ1) is 18.9. The quantitative estimate of drug-likeness (QED) is 0.671. The molecule has 0 radical (unpaired) electrons. The van der Waals surface area contributed by atoms with Gasteiger partial charge in [0.15, 0.2) is 18.1 Å². The summed E-state index contributed by atoms with van der Waals surface area (Å²) in [5.74, 6) is 1.96. The molecule has 0 unspecified atom stereocenters. The van der Waals surface area contributed by atoms with Crippen molar-refractivity contribution in [2.45, 2.75) is 12.5 Å². The molecular formula is C24H23NO4. The number of fused-ring (bicyclic) bond motifs is 1. The Morgan fingerprint density at radius 3 is 2.52 bits per heavy atom. The SMILES string of the molecule is O=C(COc1ccccc1Cc1ccccc1)NC[C@@H]1COc2ccccc2O1. The third-order valence-corrected chi connectivity index (χ3v) is 4.66. The van der Waals surface area contributed by atoms with Gasteiger partial charge in [0.05, 0.1) is 6.54 Å². The number of para-hydroxylation sites is 3. The fourth-order valence-electron chi connectivity index (χ4n) is 3.19. The minimum atomic E-state index is -0.223. The average Bonchev–Trinajstić information content (AvgIpc) is 2.77. The fraction of sp³-hybridized carbons (Fsp3) is 0.208. The summed E-state index contributed by atoms with van der Waals surface area (Å²) in [4.78, 5) is 12.2. The van der Waals surface area contributed by atoms with E-state index in [9.17, 15) is 4.79 Å². The van der Waals surface area contributed by atoms with Gasteiger partial charge in [-0.05, 0) is 29.3 Å². The third kappa shape index (κ3) is 5.08. The second-order valence-electron chi connectivity index (χ2n) is 6.86. The first-order valence-corrected chi connectivity index (χ1v) is 9.68. The highest BCUT2D eigenvalue weighted by Crippen LogP contribution is 2.30. The maximum atomic E-state index is 12.2. The van der Waals surface area contributed by atoms with E-state index >= 15 is 0 Å². The van der Waals surface area contributed by atoms with Crippen LogP contribution in [0.15, 0.2) is 78.9 Å². The molecule has 0 aliphatic carbocycles. The molecule has 1 N–H and O–H groups in total. The first-order valence-electron chi connectivity index (χ1n) is 9.68. The van der Waals surface area contributed by atoms with E-state index in [2.05, 4.69) is 17.4 Å². The summed E-state index contributed by atoms with van der Waals surface area (Å²) in [6.07, 6.45) is 0.532. The van der Waals surface area contributed by atoms with Gasteiger partial charge >= 0.3 is 0 Å². The van der Waals surface area contributed by atoms with Crippen molar-refractivity contribution < 1.29 is 19.0 Å². The van der Waals surface area contributed by atoms with Gasteiger partial charge in [0, 0.05) is 6.42 Å². The molecule has 1 heterocycles. The van der Waals surface area contributed by atoms with Crippen LogP contribution in [-0.2, 0) is 11.2 Å². The molecule has 1 aliphatic rings. The number of hydrogen-bond donors (Lipinski definition) is 1. The number of rotatable bonds is 7. The summed E-state index contributed by atoms with van der Waals surface area (Å²) in [5, 5.41) is 2.85. The predicted molar refractivity (Wildman–Crippen MR) is 111 cm³/mol. The average molecular weight is 389 g/mol. The van der Waals surface area contributed by atoms with E-state index in [-0.39, 0.29) is 18.6 Å². The molecule has 3 aromatic carbocycles. The Morgan fingerprint density at radius 1 is 0.931 bits per heavy atom. The molecule has 3 aromatic rings. The zero-order valence-corrected chi connectivity index (χ0v) is 16.0. The highest BCUT2D eigenvalue weighted by molar-refractivity contribution is 5.77. The molecule has 5 heteroatoms. The molecule has 29 heavy (non-hydrogen) atoms. The lowest BCUT2D eigenvalue weighted by atomic mass is 10.0. The lowest BCUT2D eigenvalue weighted by Crippen LogP contribution is -2.42. The van der Waals surface area contributed by atoms with Crippen LogP contribution in [0.5, 0.6) is 17.2 Å². The summed E-state index contributed by atoms with van der Waals surface area (Å²) in [5.41, 5.74) is 2.25. The molecule has 0 spiro atoms. The molecular weight excluding hydrogens is 366 g/mol. The maximum absolute atomic E-state index is 12.2. The van der Waals surface area contributed by atoms with Crippen molar-refractivity contribution in [1.29, 1.82) is 0 Å². The molecule has 0 bridgehead atoms. The summed E-state index contributed by atoms with van der Waals surface area (Å²) in [7, 11) is 0. The number of ether oxygens (including phenoxy) is 3. The van der Waals surface area contributed by atoms with E-state index < -0.39 is 0 Å². The minimum absolute atomic E-state index is 0.0457. The largest absolute Gasteiger partial charge is 0.486 e. The third-order valence-electron chi connectivity index (χ3n) is 4.66. The summed E-state index contributed by atoms with van der Waals surface area (Å²) in [6, 6.07) is 25.5. The monoisotopic (exact) mass is 389 g/mol. The van der Waals surface area contributed by atoms with E-state index in [4.69, 9.17) is 14.2 Å². The second-order valence-corrected chi connectivity index (χ2v) is 6.86. The lowest BCUT2D eigenvalue weighted by molar-refractivity contribution is -0.123. The fourth-order valence-corrected chi connectivity index (χ4v) is 3.19. The van der Waals surface area contributed by atoms with Gasteiger partial charge in [-0.15, -0.1) is 0 Å². The van der Waals surface area contributed by atoms with Crippen LogP contribution in [0.2, 0.25) is 0 Å². The van der Waals surface area contributed by atoms with Gasteiger partial charge in [-0.2, -0.15) is 0 Å². The standard InChI is InChI=1S/C24H23NO4/c26-24(25-15-20-16-27-22-12-6-7-13-23(22)29-20)17-28-21-11-5-4-10-19(21)14-18-8-2-1-3-9-18/h1-13,20H,14-17H2,(H,25,26)/t20-/m1/s1. The van der Waals surface area contributed by atoms with Gasteiger partial charge in [0.1, 0.15) is 18.5 Å². The van der Waals surface area contributed by atoms with Crippen LogP contribution in [0.3, 0.4) is 0 Å². The molecule has 0 fully saturated rings. The zero-order valence-electron chi connectivity index (χ0n) is 16.0. The van der Waals surface area contributed by atoms with E-state index in [0.29, 0.717) is 18.9 Å². The van der Waals surface area contributed by atoms with Gasteiger partial charge in [-0.1, -0.05) is 60.7 Å². The molecule has 0 saturated heterocycles. The topological polar surface area (TPSA) is 56.8 Å². The molecule has 5 nitrogen and oxygen atoms in total. The highest BCUT2D eigenvalue weighted by Gasteiger charge is 2.21. The molecule has 4 rings (SSSR count). The molecule has 0 aromatic heterocycles. The highest BCUT2D eigenvalue weighted by atomic mass is 16.6. The Labute approximate surface area is 170 Å². The smallest absolute Gasteiger partial charge is 0.258 e. The Bertz CT molecular complexity index is 958. The van der Waals surface area contributed by atoms with Crippen molar-refractivity contribution >= 4 is 5.91 Å². The Balaban J connectivity index is 1.27. The zero-order chi connectivity index (χ0) is 19.9. The summed E-state index contributed by atoms with van der Waals surface area (Å²) >= 11 is 0. The Kier molecular flexibility index (Phi) is 5.95. The van der Waals surface area contributed by atoms with Crippen molar-refractivity contribution in [3.05, 3.63) is 90.0 Å². The van der Waals surface area contributed by atoms with Crippen molar-refractivity contribution in [3.8, 4) is 17.2 Å². The van der Waals surface area contributed by atoms with Crippen LogP contribution in [0, 0.1) is 0 Å². The van der Waals surface area contributed by atoms with Crippen molar-refractivity contribution in [3.63, 3.8) is 0 Å². The van der Waals surface area contributed by atoms with Gasteiger partial charge in [-0.25, -0.2) is 0 Å². The number of hydrogen-bond acceptors (Lipinski definition) is 4. The first-order chi connectivity index (χ1) is 14.3. The number of benzene rings is 3. The van der Waals surface area contributed by atoms with Crippen LogP contribution >= 0.6 is 0 Å². The lowest BCUT2D eigenvalue weighted by Gasteiger charge is -2.26. The van der Waals surface area contributed by atoms with Gasteiger partial charge in [0.25, 0.3) is 5.91 Å². The Hall–Kier alpha value is -3.47. The maximum Gasteiger partial charge on any atom is 0.258 e. The minimum Gasteiger partial charge on any atom is -0.486 e. The van der Waals surface area contributed by atoms with E-state index in [1.165, 1.54) is 5.56 Å². The number of nitrogens with one attached hydrogen (secondary N) is 1. The van der Waals surface area contributed by atoms with Gasteiger partial charge in [-0.3, -0.25) is 4.79 Å². The van der Waals surface area contributed by atoms with E-state index in [1.807, 2.05) is 66.7 Å². The van der Waals surface area contributed by atoms with Crippen molar-refractivity contribution in [2.75, 3.05) is 19.8 Å². The Morgan fingerprint density at radius 2 is 1.66 bits per heavy atom. The number of carbonyl (C=O) groups excluding carboxylic acids is 1. The van der Waals surface area contributed by atoms with Crippen LogP contribution in [-0.4, -0.2) is 31.8 Å². The van der Waals surface area contributed by atoms with Gasteiger partial charge < -0.3 is 19.5 Å². The van der Waals surface area contributed by atoms with Crippen LogP contribution < -0.4 is 19.5 Å². The van der Waals surface area contributed by atoms with Crippen molar-refractivity contribution in [1.82, 2.24) is 5.32 Å².